The van der Waals surface area contributed by atoms with E-state index in [0.717, 1.165) is 5.56 Å². The Morgan fingerprint density at radius 3 is 2.56 bits per heavy atom. The maximum Gasteiger partial charge on any atom is 0.222 e. The van der Waals surface area contributed by atoms with Gasteiger partial charge in [-0.15, -0.1) is 0 Å². The molecule has 1 saturated heterocycles. The number of hydrogen-bond acceptors (Lipinski definition) is 9. The molecule has 4 atom stereocenters. The second kappa shape index (κ2) is 9.90. The molecule has 0 aliphatic carbocycles. The van der Waals surface area contributed by atoms with Gasteiger partial charge in [0.15, 0.2) is 29.0 Å². The third kappa shape index (κ3) is 4.47. The van der Waals surface area contributed by atoms with Gasteiger partial charge in [-0.2, -0.15) is 0 Å². The monoisotopic (exact) mass is 490 g/mol. The summed E-state index contributed by atoms with van der Waals surface area (Å²) in [6.45, 7) is 0.468. The number of phenolic OH excluding ortho intramolecular Hbond substituents is 1. The number of aliphatic hydroxyl groups excluding tert-OH is 2. The van der Waals surface area contributed by atoms with E-state index in [0.29, 0.717) is 29.1 Å². The number of nitrogens with one attached hydrogen (secondary N) is 2. The Kier molecular flexibility index (Phi) is 6.51. The van der Waals surface area contributed by atoms with Crippen molar-refractivity contribution in [2.24, 2.45) is 0 Å². The van der Waals surface area contributed by atoms with E-state index >= 15 is 0 Å². The lowest BCUT2D eigenvalue weighted by atomic mass is 10.1. The zero-order valence-corrected chi connectivity index (χ0v) is 19.4. The first-order valence-corrected chi connectivity index (χ1v) is 11.5. The smallest absolute Gasteiger partial charge is 0.222 e. The Morgan fingerprint density at radius 2 is 1.81 bits per heavy atom. The summed E-state index contributed by atoms with van der Waals surface area (Å²) in [7, 11) is 1.49. The summed E-state index contributed by atoms with van der Waals surface area (Å²) in [5.41, 5.74) is 2.20. The third-order valence-electron chi connectivity index (χ3n) is 6.15. The summed E-state index contributed by atoms with van der Waals surface area (Å²) in [6.07, 6.45) is -3.20. The minimum absolute atomic E-state index is 0.00939. The summed E-state index contributed by atoms with van der Waals surface area (Å²) in [5, 5.41) is 37.5. The van der Waals surface area contributed by atoms with Gasteiger partial charge >= 0.3 is 0 Å². The van der Waals surface area contributed by atoms with E-state index < -0.39 is 24.5 Å². The van der Waals surface area contributed by atoms with Crippen LogP contribution in [0.2, 0.25) is 0 Å². The lowest BCUT2D eigenvalue weighted by Crippen LogP contribution is -2.34. The van der Waals surface area contributed by atoms with Crippen LogP contribution in [0.3, 0.4) is 0 Å². The van der Waals surface area contributed by atoms with Crippen molar-refractivity contribution < 1.29 is 24.9 Å². The van der Waals surface area contributed by atoms with Gasteiger partial charge in [0, 0.05) is 13.6 Å². The number of imidazole rings is 1. The number of aromatic hydroxyl groups is 1. The van der Waals surface area contributed by atoms with Crippen molar-refractivity contribution in [1.82, 2.24) is 24.8 Å². The third-order valence-corrected chi connectivity index (χ3v) is 6.15. The maximum atomic E-state index is 11.8. The maximum absolute atomic E-state index is 11.8. The Morgan fingerprint density at radius 1 is 1.06 bits per heavy atom. The molecule has 0 radical (unpaired) electrons. The second-order valence-electron chi connectivity index (χ2n) is 8.50. The van der Waals surface area contributed by atoms with Crippen molar-refractivity contribution in [3.05, 3.63) is 66.5 Å². The lowest BCUT2D eigenvalue weighted by Gasteiger charge is -2.17. The summed E-state index contributed by atoms with van der Waals surface area (Å²) >= 11 is 0. The van der Waals surface area contributed by atoms with Crippen LogP contribution in [-0.2, 0) is 16.1 Å². The Labute approximate surface area is 206 Å². The van der Waals surface area contributed by atoms with Crippen LogP contribution in [0.4, 0.5) is 5.82 Å². The number of ether oxygens (including phenoxy) is 1. The molecule has 5 N–H and O–H groups in total. The number of nitrogens with zero attached hydrogens (tertiary/aromatic N) is 4. The number of carbonyl (C=O) groups is 1. The van der Waals surface area contributed by atoms with E-state index in [1.807, 2.05) is 30.3 Å². The van der Waals surface area contributed by atoms with Crippen LogP contribution in [0.25, 0.3) is 22.6 Å². The molecule has 11 nitrogen and oxygen atoms in total. The van der Waals surface area contributed by atoms with Gasteiger partial charge in [-0.1, -0.05) is 42.5 Å². The quantitative estimate of drug-likeness (QED) is 0.260. The van der Waals surface area contributed by atoms with E-state index in [2.05, 4.69) is 25.6 Å². The average molecular weight is 491 g/mol. The minimum atomic E-state index is -1.32. The number of aliphatic hydroxyl groups is 2. The van der Waals surface area contributed by atoms with E-state index in [9.17, 15) is 20.1 Å². The number of amides is 1. The molecule has 0 unspecified atom stereocenters. The van der Waals surface area contributed by atoms with E-state index in [1.54, 1.807) is 24.3 Å². The zero-order chi connectivity index (χ0) is 25.2. The summed E-state index contributed by atoms with van der Waals surface area (Å²) in [5.74, 6) is 0.359. The molecule has 1 aliphatic rings. The van der Waals surface area contributed by atoms with Crippen molar-refractivity contribution in [1.29, 1.82) is 0 Å². The molecule has 1 fully saturated rings. The van der Waals surface area contributed by atoms with Crippen LogP contribution in [0.5, 0.6) is 5.75 Å². The molecule has 36 heavy (non-hydrogen) atoms. The molecule has 4 aromatic rings. The Balaban J connectivity index is 1.56. The van der Waals surface area contributed by atoms with Gasteiger partial charge in [0.25, 0.3) is 0 Å². The van der Waals surface area contributed by atoms with Crippen LogP contribution in [-0.4, -0.2) is 66.1 Å². The number of fused-ring (bicyclic) bond motifs is 1. The van der Waals surface area contributed by atoms with Crippen LogP contribution >= 0.6 is 0 Å². The summed E-state index contributed by atoms with van der Waals surface area (Å²) < 4.78 is 7.39. The number of para-hydroxylation sites is 1. The van der Waals surface area contributed by atoms with Gasteiger partial charge < -0.3 is 30.7 Å². The summed E-state index contributed by atoms with van der Waals surface area (Å²) in [6, 6.07) is 16.5. The highest BCUT2D eigenvalue weighted by molar-refractivity contribution is 5.85. The van der Waals surface area contributed by atoms with Crippen molar-refractivity contribution >= 4 is 22.9 Å². The number of aromatic nitrogens is 4. The topological polar surface area (TPSA) is 155 Å². The Hall–Kier alpha value is -4.06. The van der Waals surface area contributed by atoms with Gasteiger partial charge in [-0.25, -0.2) is 15.0 Å². The minimum Gasteiger partial charge on any atom is -0.507 e. The largest absolute Gasteiger partial charge is 0.507 e. The molecule has 1 aliphatic heterocycles. The molecule has 2 aromatic carbocycles. The molecule has 5 rings (SSSR count). The van der Waals surface area contributed by atoms with E-state index in [4.69, 9.17) is 4.74 Å². The predicted octanol–water partition coefficient (Wildman–Crippen LogP) is 1.57. The van der Waals surface area contributed by atoms with Gasteiger partial charge in [-0.05, 0) is 17.7 Å². The van der Waals surface area contributed by atoms with Crippen molar-refractivity contribution in [3.63, 3.8) is 0 Å². The molecule has 2 aromatic heterocycles. The lowest BCUT2D eigenvalue weighted by molar-refractivity contribution is -0.125. The summed E-state index contributed by atoms with van der Waals surface area (Å²) in [4.78, 5) is 25.5. The zero-order valence-electron chi connectivity index (χ0n) is 19.4. The van der Waals surface area contributed by atoms with Gasteiger partial charge in [0.1, 0.15) is 18.0 Å². The number of benzene rings is 2. The fraction of sp³-hybridized carbons (Fsp3) is 0.280. The molecule has 186 valence electrons. The fourth-order valence-electron chi connectivity index (χ4n) is 4.20. The highest BCUT2D eigenvalue weighted by atomic mass is 16.6. The fourth-order valence-corrected chi connectivity index (χ4v) is 4.20. The first-order chi connectivity index (χ1) is 17.5. The number of hydrogen-bond donors (Lipinski definition) is 5. The molecule has 1 amide bonds. The van der Waals surface area contributed by atoms with E-state index in [1.165, 1.54) is 17.9 Å². The number of rotatable bonds is 7. The molecule has 0 bridgehead atoms. The standard InChI is InChI=1S/C25H26N6O5/c1-26-18(33)11-17-20(34)21(35)25(36-17)31-13-28-19-23(27-12-14-7-3-2-4-8-14)29-22(30-24(19)31)15-9-5-6-10-16(15)32/h2-10,13,17,20-21,25,32,34-35H,11-12H2,1H3,(H,26,33)(H,27,29,30)/t17-,20+,21+,25+/m0/s1. The number of phenols is 1. The van der Waals surface area contributed by atoms with Crippen molar-refractivity contribution in [2.45, 2.75) is 37.5 Å². The first-order valence-electron chi connectivity index (χ1n) is 11.5. The van der Waals surface area contributed by atoms with Crippen LogP contribution in [0.1, 0.15) is 18.2 Å². The molecular formula is C25H26N6O5. The normalized spacial score (nSPS) is 21.5. The SMILES string of the molecule is CNC(=O)C[C@@H]1O[C@@H](n2cnc3c(NCc4ccccc4)nc(-c4ccccc4O)nc32)[C@H](O)[C@@H]1O. The molecule has 0 spiro atoms. The molecule has 3 heterocycles. The van der Waals surface area contributed by atoms with Gasteiger partial charge in [0.2, 0.25) is 5.91 Å². The highest BCUT2D eigenvalue weighted by Crippen LogP contribution is 2.35. The number of carbonyl (C=O) groups excluding carboxylic acids is 1. The predicted molar refractivity (Wildman–Crippen MR) is 131 cm³/mol. The Bertz CT molecular complexity index is 1380. The highest BCUT2D eigenvalue weighted by Gasteiger charge is 2.45. The van der Waals surface area contributed by atoms with Crippen LogP contribution in [0, 0.1) is 0 Å². The molecule has 0 saturated carbocycles. The van der Waals surface area contributed by atoms with E-state index in [-0.39, 0.29) is 23.9 Å². The first kappa shape index (κ1) is 23.7. The van der Waals surface area contributed by atoms with Gasteiger partial charge in [-0.3, -0.25) is 9.36 Å². The van der Waals surface area contributed by atoms with Crippen molar-refractivity contribution in [2.75, 3.05) is 12.4 Å². The average Bonchev–Trinajstić information content (AvgIpc) is 3.44. The van der Waals surface area contributed by atoms with Gasteiger partial charge in [0.05, 0.1) is 24.4 Å². The van der Waals surface area contributed by atoms with Crippen LogP contribution in [0.15, 0.2) is 60.9 Å². The van der Waals surface area contributed by atoms with Crippen LogP contribution < -0.4 is 10.6 Å². The molecule has 11 heteroatoms. The second-order valence-corrected chi connectivity index (χ2v) is 8.50. The number of anilines is 1. The molecular weight excluding hydrogens is 464 g/mol. The van der Waals surface area contributed by atoms with Crippen molar-refractivity contribution in [3.8, 4) is 17.1 Å².